The van der Waals surface area contributed by atoms with Gasteiger partial charge in [-0.15, -0.1) is 0 Å². The van der Waals surface area contributed by atoms with E-state index < -0.39 is 0 Å². The van der Waals surface area contributed by atoms with E-state index in [-0.39, 0.29) is 30.4 Å². The van der Waals surface area contributed by atoms with Crippen molar-refractivity contribution in [3.63, 3.8) is 0 Å². The predicted octanol–water partition coefficient (Wildman–Crippen LogP) is 9.41. The second kappa shape index (κ2) is 17.5. The number of hydrogen-bond acceptors (Lipinski definition) is 3. The van der Waals surface area contributed by atoms with Crippen LogP contribution in [0.3, 0.4) is 0 Å². The molecule has 1 saturated heterocycles. The third-order valence-corrected chi connectivity index (χ3v) is 7.21. The number of carbonyl (C=O) groups is 1. The molecule has 1 heterocycles. The van der Waals surface area contributed by atoms with Gasteiger partial charge in [0.2, 0.25) is 0 Å². The normalized spacial score (nSPS) is 13.7. The minimum absolute atomic E-state index is 0.0500. The lowest BCUT2D eigenvalue weighted by Gasteiger charge is -2.37. The van der Waals surface area contributed by atoms with E-state index in [9.17, 15) is 4.79 Å². The van der Waals surface area contributed by atoms with Crippen LogP contribution in [0, 0.1) is 12.7 Å². The topological polar surface area (TPSA) is 32.8 Å². The van der Waals surface area contributed by atoms with Crippen LogP contribution >= 0.6 is 0 Å². The summed E-state index contributed by atoms with van der Waals surface area (Å²) in [6.07, 6.45) is 5.90. The van der Waals surface area contributed by atoms with Crippen molar-refractivity contribution >= 4 is 12.0 Å². The van der Waals surface area contributed by atoms with Crippen LogP contribution in [0.1, 0.15) is 88.4 Å². The van der Waals surface area contributed by atoms with Crippen molar-refractivity contribution < 1.29 is 13.9 Å². The van der Waals surface area contributed by atoms with Gasteiger partial charge in [-0.2, -0.15) is 0 Å². The molecule has 1 amide bonds. The van der Waals surface area contributed by atoms with E-state index in [0.717, 1.165) is 48.4 Å². The van der Waals surface area contributed by atoms with Crippen LogP contribution in [0.2, 0.25) is 0 Å². The third-order valence-electron chi connectivity index (χ3n) is 7.21. The van der Waals surface area contributed by atoms with Crippen LogP contribution in [0.25, 0.3) is 17.2 Å². The smallest absolute Gasteiger partial charge is 0.254 e. The molecule has 0 radical (unpaired) electrons. The minimum Gasteiger partial charge on any atom is -0.491 e. The van der Waals surface area contributed by atoms with Crippen LogP contribution in [-0.4, -0.2) is 48.0 Å². The number of rotatable bonds is 8. The van der Waals surface area contributed by atoms with Crippen molar-refractivity contribution in [2.45, 2.75) is 86.9 Å². The molecule has 0 atom stereocenters. The van der Waals surface area contributed by atoms with E-state index in [1.54, 1.807) is 0 Å². The molecule has 0 aliphatic carbocycles. The largest absolute Gasteiger partial charge is 0.491 e. The summed E-state index contributed by atoms with van der Waals surface area (Å²) < 4.78 is 21.0. The predicted molar refractivity (Wildman–Crippen MR) is 177 cm³/mol. The molecule has 0 N–H and O–H groups in total. The van der Waals surface area contributed by atoms with Crippen molar-refractivity contribution in [1.29, 1.82) is 0 Å². The molecule has 228 valence electrons. The summed E-state index contributed by atoms with van der Waals surface area (Å²) in [7, 11) is 2.10. The van der Waals surface area contributed by atoms with Crippen LogP contribution in [-0.2, 0) is 6.54 Å². The van der Waals surface area contributed by atoms with Crippen molar-refractivity contribution in [1.82, 2.24) is 9.80 Å². The maximum absolute atomic E-state index is 15.2. The van der Waals surface area contributed by atoms with Crippen LogP contribution in [0.5, 0.6) is 5.75 Å². The Morgan fingerprint density at radius 3 is 2.17 bits per heavy atom. The first kappa shape index (κ1) is 34.8. The van der Waals surface area contributed by atoms with E-state index in [2.05, 4.69) is 43.1 Å². The van der Waals surface area contributed by atoms with Crippen LogP contribution in [0.15, 0.2) is 66.7 Å². The number of hydrogen-bond donors (Lipinski definition) is 0. The summed E-state index contributed by atoms with van der Waals surface area (Å²) in [5, 5.41) is 0. The number of nitrogens with zero attached hydrogens (tertiary/aromatic N) is 2. The molecule has 5 heteroatoms. The third kappa shape index (κ3) is 9.55. The highest BCUT2D eigenvalue weighted by atomic mass is 19.1. The molecule has 0 aromatic heterocycles. The molecule has 0 saturated carbocycles. The standard InChI is InChI=1S/C33H39FN2O2.2C2H6/c1-6-7-26-20-27(9-8-24(26)4)28-12-15-32(34)29(21-28)22-36(30-16-18-35(5)19-17-30)33(37)25-10-13-31(14-11-25)38-23(2)3;2*1-2/h6-15,20-21,23,30H,16-19,22H2,1-5H3;2*1-2H3/b7-6-;;. The van der Waals surface area contributed by atoms with Gasteiger partial charge in [0.15, 0.2) is 0 Å². The zero-order valence-corrected chi connectivity index (χ0v) is 27.2. The monoisotopic (exact) mass is 574 g/mol. The molecule has 3 aromatic carbocycles. The highest BCUT2D eigenvalue weighted by Crippen LogP contribution is 2.28. The fraction of sp³-hybridized carbons (Fsp3) is 0.432. The van der Waals surface area contributed by atoms with Crippen molar-refractivity contribution in [2.24, 2.45) is 0 Å². The van der Waals surface area contributed by atoms with Gasteiger partial charge in [0.05, 0.1) is 6.10 Å². The van der Waals surface area contributed by atoms with Crippen molar-refractivity contribution in [3.8, 4) is 16.9 Å². The number of halogens is 1. The quantitative estimate of drug-likeness (QED) is 0.269. The lowest BCUT2D eigenvalue weighted by Crippen LogP contribution is -2.46. The van der Waals surface area contributed by atoms with Gasteiger partial charge in [0.1, 0.15) is 11.6 Å². The Bertz CT molecular complexity index is 1280. The van der Waals surface area contributed by atoms with Gasteiger partial charge in [-0.05, 0) is 125 Å². The summed E-state index contributed by atoms with van der Waals surface area (Å²) in [4.78, 5) is 18.0. The second-order valence-corrected chi connectivity index (χ2v) is 10.5. The van der Waals surface area contributed by atoms with Crippen molar-refractivity contribution in [3.05, 3.63) is 94.8 Å². The molecule has 0 spiro atoms. The van der Waals surface area contributed by atoms with Gasteiger partial charge in [-0.1, -0.05) is 58.0 Å². The van der Waals surface area contributed by atoms with E-state index >= 15 is 4.39 Å². The maximum Gasteiger partial charge on any atom is 0.254 e. The Balaban J connectivity index is 0.00000148. The fourth-order valence-electron chi connectivity index (χ4n) is 5.03. The molecular formula is C37H51FN2O2. The van der Waals surface area contributed by atoms with E-state index in [4.69, 9.17) is 4.74 Å². The van der Waals surface area contributed by atoms with E-state index in [0.29, 0.717) is 11.1 Å². The van der Waals surface area contributed by atoms with Gasteiger partial charge < -0.3 is 14.5 Å². The molecule has 42 heavy (non-hydrogen) atoms. The number of ether oxygens (including phenoxy) is 1. The minimum atomic E-state index is -0.291. The fourth-order valence-corrected chi connectivity index (χ4v) is 5.03. The van der Waals surface area contributed by atoms with E-state index in [1.807, 2.05) is 95.8 Å². The number of aryl methyl sites for hydroxylation is 1. The second-order valence-electron chi connectivity index (χ2n) is 10.5. The molecule has 3 aromatic rings. The van der Waals surface area contributed by atoms with Crippen LogP contribution < -0.4 is 4.74 Å². The molecule has 0 unspecified atom stereocenters. The first-order valence-electron chi connectivity index (χ1n) is 15.5. The summed E-state index contributed by atoms with van der Waals surface area (Å²) in [6, 6.07) is 18.9. The number of piperidine rings is 1. The number of carbonyl (C=O) groups excluding carboxylic acids is 1. The first-order chi connectivity index (χ1) is 20.2. The summed E-state index contributed by atoms with van der Waals surface area (Å²) in [5.74, 6) is 0.364. The summed E-state index contributed by atoms with van der Waals surface area (Å²) in [6.45, 7) is 18.1. The van der Waals surface area contributed by atoms with Crippen LogP contribution in [0.4, 0.5) is 4.39 Å². The molecule has 4 rings (SSSR count). The van der Waals surface area contributed by atoms with Gasteiger partial charge in [-0.3, -0.25) is 4.79 Å². The highest BCUT2D eigenvalue weighted by Gasteiger charge is 2.29. The molecular weight excluding hydrogens is 523 g/mol. The zero-order chi connectivity index (χ0) is 31.2. The Kier molecular flexibility index (Phi) is 14.5. The Labute approximate surface area is 254 Å². The SMILES string of the molecule is C/C=C\c1cc(-c2ccc(F)c(CN(C(=O)c3ccc(OC(C)C)cc3)C3CCN(C)CC3)c2)ccc1C.CC.CC. The summed E-state index contributed by atoms with van der Waals surface area (Å²) in [5.41, 5.74) is 5.43. The lowest BCUT2D eigenvalue weighted by atomic mass is 9.97. The molecule has 1 aliphatic heterocycles. The maximum atomic E-state index is 15.2. The lowest BCUT2D eigenvalue weighted by molar-refractivity contribution is 0.0567. The number of likely N-dealkylation sites (tertiary alicyclic amines) is 1. The molecule has 0 bridgehead atoms. The Morgan fingerprint density at radius 2 is 1.57 bits per heavy atom. The van der Waals surface area contributed by atoms with Crippen molar-refractivity contribution in [2.75, 3.05) is 20.1 Å². The summed E-state index contributed by atoms with van der Waals surface area (Å²) >= 11 is 0. The number of allylic oxidation sites excluding steroid dienone is 1. The Hall–Kier alpha value is -3.44. The van der Waals surface area contributed by atoms with Gasteiger partial charge in [0, 0.05) is 23.7 Å². The Morgan fingerprint density at radius 1 is 0.976 bits per heavy atom. The van der Waals surface area contributed by atoms with Gasteiger partial charge >= 0.3 is 0 Å². The molecule has 1 aliphatic rings. The average molecular weight is 575 g/mol. The van der Waals surface area contributed by atoms with Gasteiger partial charge in [-0.25, -0.2) is 4.39 Å². The zero-order valence-electron chi connectivity index (χ0n) is 27.2. The number of benzene rings is 3. The highest BCUT2D eigenvalue weighted by molar-refractivity contribution is 5.94. The first-order valence-corrected chi connectivity index (χ1v) is 15.5. The van der Waals surface area contributed by atoms with Gasteiger partial charge in [0.25, 0.3) is 5.91 Å². The average Bonchev–Trinajstić information content (AvgIpc) is 3.00. The molecule has 4 nitrogen and oxygen atoms in total. The molecule has 1 fully saturated rings. The number of amides is 1. The van der Waals surface area contributed by atoms with E-state index in [1.165, 1.54) is 11.6 Å².